The van der Waals surface area contributed by atoms with Gasteiger partial charge in [0.1, 0.15) is 0 Å². The summed E-state index contributed by atoms with van der Waals surface area (Å²) in [6, 6.07) is 8.81. The Morgan fingerprint density at radius 2 is 1.00 bits per heavy atom. The van der Waals surface area contributed by atoms with Crippen LogP contribution in [-0.2, 0) is 20.8 Å². The summed E-state index contributed by atoms with van der Waals surface area (Å²) in [4.78, 5) is 0. The van der Waals surface area contributed by atoms with Crippen LogP contribution in [0.15, 0.2) is 37.4 Å². The van der Waals surface area contributed by atoms with Crippen molar-refractivity contribution in [3.05, 3.63) is 70.8 Å². The van der Waals surface area contributed by atoms with Gasteiger partial charge in [0, 0.05) is 0 Å². The Morgan fingerprint density at radius 3 is 1.05 bits per heavy atom. The van der Waals surface area contributed by atoms with Gasteiger partial charge < -0.3 is 0 Å². The molecule has 0 N–H and O–H groups in total. The quantitative estimate of drug-likeness (QED) is 0.333. The molecular formula is C18H26Cl2Zr. The van der Waals surface area contributed by atoms with E-state index in [1.54, 1.807) is 0 Å². The maximum absolute atomic E-state index is 4.93. The van der Waals surface area contributed by atoms with Gasteiger partial charge in [0.2, 0.25) is 0 Å². The van der Waals surface area contributed by atoms with E-state index < -0.39 is 20.8 Å². The summed E-state index contributed by atoms with van der Waals surface area (Å²) in [7, 11) is 9.87. The van der Waals surface area contributed by atoms with Crippen molar-refractivity contribution in [1.82, 2.24) is 0 Å². The zero-order chi connectivity index (χ0) is 17.0. The Morgan fingerprint density at radius 1 is 0.762 bits per heavy atom. The third-order valence-corrected chi connectivity index (χ3v) is 3.02. The molecule has 0 fully saturated rings. The molecule has 3 heteroatoms. The molecule has 0 heterocycles. The van der Waals surface area contributed by atoms with E-state index in [1.165, 1.54) is 33.4 Å². The van der Waals surface area contributed by atoms with E-state index in [4.69, 9.17) is 17.0 Å². The van der Waals surface area contributed by atoms with E-state index in [0.717, 1.165) is 0 Å². The first-order chi connectivity index (χ1) is 9.81. The standard InChI is InChI=1S/2C8H11.C2H4.2ClH.Zr/c2*1-6-4-7(2)8(3)5-6;1-2;;;/h2*4-5H,1-3H3;1-2H2;2*1H;/q2*-1;;;;+4/p-2. The fraction of sp³-hybridized carbons (Fsp3) is 0.333. The van der Waals surface area contributed by atoms with Crippen molar-refractivity contribution < 1.29 is 20.8 Å². The number of aryl methyl sites for hydroxylation is 6. The van der Waals surface area contributed by atoms with Crippen LogP contribution in [0.25, 0.3) is 0 Å². The van der Waals surface area contributed by atoms with Crippen molar-refractivity contribution >= 4 is 17.0 Å². The number of hydrogen-bond donors (Lipinski definition) is 0. The molecule has 21 heavy (non-hydrogen) atoms. The molecular weight excluding hydrogens is 378 g/mol. The van der Waals surface area contributed by atoms with Gasteiger partial charge in [-0.3, -0.25) is 0 Å². The fourth-order valence-electron chi connectivity index (χ4n) is 1.90. The predicted octanol–water partition coefficient (Wildman–Crippen LogP) is 6.84. The van der Waals surface area contributed by atoms with Gasteiger partial charge in [0.25, 0.3) is 0 Å². The van der Waals surface area contributed by atoms with E-state index in [0.29, 0.717) is 0 Å². The summed E-state index contributed by atoms with van der Waals surface area (Å²) < 4.78 is 0. The van der Waals surface area contributed by atoms with E-state index >= 15 is 0 Å². The van der Waals surface area contributed by atoms with E-state index in [-0.39, 0.29) is 0 Å². The number of hydrogen-bond acceptors (Lipinski definition) is 0. The van der Waals surface area contributed by atoms with Crippen LogP contribution in [0.3, 0.4) is 0 Å². The van der Waals surface area contributed by atoms with Crippen LogP contribution in [0.4, 0.5) is 0 Å². The van der Waals surface area contributed by atoms with Gasteiger partial charge in [-0.1, -0.05) is 41.5 Å². The Kier molecular flexibility index (Phi) is 15.0. The topological polar surface area (TPSA) is 0 Å². The van der Waals surface area contributed by atoms with Crippen LogP contribution in [0, 0.1) is 41.5 Å². The molecule has 0 atom stereocenters. The van der Waals surface area contributed by atoms with Crippen LogP contribution in [0.1, 0.15) is 33.4 Å². The van der Waals surface area contributed by atoms with Gasteiger partial charge >= 0.3 is 37.9 Å². The minimum atomic E-state index is -0.826. The van der Waals surface area contributed by atoms with Crippen molar-refractivity contribution in [2.45, 2.75) is 41.5 Å². The van der Waals surface area contributed by atoms with Crippen molar-refractivity contribution in [2.24, 2.45) is 0 Å². The molecule has 0 aliphatic rings. The van der Waals surface area contributed by atoms with Crippen LogP contribution >= 0.6 is 17.0 Å². The molecule has 2 aromatic rings. The number of rotatable bonds is 0. The summed E-state index contributed by atoms with van der Waals surface area (Å²) in [5.41, 5.74) is 8.37. The van der Waals surface area contributed by atoms with Gasteiger partial charge in [0.15, 0.2) is 0 Å². The third kappa shape index (κ3) is 11.2. The average Bonchev–Trinajstić information content (AvgIpc) is 2.85. The maximum atomic E-state index is 4.93. The molecule has 0 aliphatic carbocycles. The van der Waals surface area contributed by atoms with Gasteiger partial charge in [0.05, 0.1) is 0 Å². The molecule has 0 spiro atoms. The summed E-state index contributed by atoms with van der Waals surface area (Å²) >= 11 is -0.826. The summed E-state index contributed by atoms with van der Waals surface area (Å²) in [6.07, 6.45) is 0. The summed E-state index contributed by atoms with van der Waals surface area (Å²) in [5, 5.41) is 0. The molecule has 0 amide bonds. The molecule has 0 bridgehead atoms. The minimum absolute atomic E-state index is 0.826. The van der Waals surface area contributed by atoms with E-state index in [1.807, 2.05) is 0 Å². The molecule has 0 aliphatic heterocycles. The van der Waals surface area contributed by atoms with Gasteiger partial charge in [-0.2, -0.15) is 45.5 Å². The first kappa shape index (κ1) is 23.2. The summed E-state index contributed by atoms with van der Waals surface area (Å²) in [5.74, 6) is 0. The zero-order valence-electron chi connectivity index (χ0n) is 14.0. The third-order valence-electron chi connectivity index (χ3n) is 3.02. The average molecular weight is 405 g/mol. The summed E-state index contributed by atoms with van der Waals surface area (Å²) in [6.45, 7) is 18.8. The second-order valence-corrected chi connectivity index (χ2v) is 8.60. The fourth-order valence-corrected chi connectivity index (χ4v) is 1.90. The zero-order valence-corrected chi connectivity index (χ0v) is 17.9. The molecule has 0 radical (unpaired) electrons. The molecule has 0 nitrogen and oxygen atoms in total. The van der Waals surface area contributed by atoms with Crippen LogP contribution in [0.2, 0.25) is 0 Å². The van der Waals surface area contributed by atoms with E-state index in [2.05, 4.69) is 79.0 Å². The Balaban J connectivity index is 0. The second-order valence-electron chi connectivity index (χ2n) is 4.87. The number of halogens is 2. The Hall–Kier alpha value is -0.0969. The van der Waals surface area contributed by atoms with Crippen molar-refractivity contribution in [3.63, 3.8) is 0 Å². The predicted molar refractivity (Wildman–Crippen MR) is 95.5 cm³/mol. The molecule has 0 aromatic heterocycles. The molecule has 2 aromatic carbocycles. The Bertz CT molecular complexity index is 412. The molecule has 2 rings (SSSR count). The molecule has 0 saturated carbocycles. The van der Waals surface area contributed by atoms with Gasteiger partial charge in [-0.15, -0.1) is 13.2 Å². The molecule has 0 saturated heterocycles. The van der Waals surface area contributed by atoms with Crippen LogP contribution in [0.5, 0.6) is 0 Å². The molecule has 116 valence electrons. The first-order valence-corrected chi connectivity index (χ1v) is 13.0. The van der Waals surface area contributed by atoms with Crippen molar-refractivity contribution in [2.75, 3.05) is 0 Å². The van der Waals surface area contributed by atoms with Crippen LogP contribution in [-0.4, -0.2) is 0 Å². The SMILES string of the molecule is C=C.Cc1cc(C)c(C)[cH-]1.Cc1cc(C)c(C)[cH-]1.[Cl][Zr+2][Cl]. The first-order valence-electron chi connectivity index (χ1n) is 6.69. The Labute approximate surface area is 149 Å². The van der Waals surface area contributed by atoms with Crippen LogP contribution < -0.4 is 0 Å². The van der Waals surface area contributed by atoms with Gasteiger partial charge in [-0.05, 0) is 0 Å². The monoisotopic (exact) mass is 402 g/mol. The second kappa shape index (κ2) is 13.6. The normalized spacial score (nSPS) is 8.19. The van der Waals surface area contributed by atoms with E-state index in [9.17, 15) is 0 Å². The van der Waals surface area contributed by atoms with Gasteiger partial charge in [-0.25, -0.2) is 12.1 Å². The molecule has 0 unspecified atom stereocenters. The van der Waals surface area contributed by atoms with Crippen molar-refractivity contribution in [1.29, 1.82) is 0 Å². The van der Waals surface area contributed by atoms with Crippen molar-refractivity contribution in [3.8, 4) is 0 Å².